The summed E-state index contributed by atoms with van der Waals surface area (Å²) in [6, 6.07) is 66.3. The first kappa shape index (κ1) is 35.1. The van der Waals surface area contributed by atoms with Gasteiger partial charge in [-0.1, -0.05) is 141 Å². The van der Waals surface area contributed by atoms with E-state index in [-0.39, 0.29) is 5.41 Å². The van der Waals surface area contributed by atoms with E-state index >= 15 is 0 Å². The topological polar surface area (TPSA) is 8.17 Å². The Hall–Kier alpha value is -6.90. The first-order valence-electron chi connectivity index (χ1n) is 21.5. The van der Waals surface area contributed by atoms with E-state index in [1.807, 2.05) is 0 Å². The first-order valence-corrected chi connectivity index (χ1v) is 21.5. The van der Waals surface area contributed by atoms with Gasteiger partial charge in [0.05, 0.1) is 5.69 Å². The van der Waals surface area contributed by atoms with Crippen LogP contribution in [0.15, 0.2) is 176 Å². The molecule has 2 heteroatoms. The van der Waals surface area contributed by atoms with Crippen molar-refractivity contribution in [3.8, 4) is 33.4 Å². The van der Waals surface area contributed by atoms with Crippen LogP contribution in [0.4, 0.5) is 17.1 Å². The molecule has 9 aromatic carbocycles. The molecule has 0 saturated heterocycles. The Morgan fingerprint density at radius 3 is 1.98 bits per heavy atom. The van der Waals surface area contributed by atoms with Crippen molar-refractivity contribution in [3.63, 3.8) is 0 Å². The minimum absolute atomic E-state index is 0.235. The molecule has 288 valence electrons. The van der Waals surface area contributed by atoms with Crippen molar-refractivity contribution in [1.29, 1.82) is 0 Å². The second-order valence-electron chi connectivity index (χ2n) is 17.7. The standard InChI is InChI=1S/C58H46N2/c1-36-32-40(27-30-42(36)46-18-8-7-17-44(46)38-24-25-38)60(41-28-31-55-51(34-41)48-20-11-12-23-54(48)59(55)4)56-35-53-57(49-21-10-9-19-47(49)56)50-29-26-39(33-52(50)58(53,2)3)45-22-13-15-37-14-5-6-16-43(37)45/h5-23,26-35,38H,24-25H2,1-4H3. The van der Waals surface area contributed by atoms with E-state index in [2.05, 4.69) is 213 Å². The number of rotatable bonds is 6. The summed E-state index contributed by atoms with van der Waals surface area (Å²) < 4.78 is 2.33. The average Bonchev–Trinajstić information content (AvgIpc) is 4.06. The fourth-order valence-corrected chi connectivity index (χ4v) is 10.7. The molecule has 0 amide bonds. The summed E-state index contributed by atoms with van der Waals surface area (Å²) in [7, 11) is 2.18. The number of nitrogens with zero attached hydrogens (tertiary/aromatic N) is 2. The SMILES string of the molecule is Cc1cc(N(c2ccc3c(c2)c2ccccc2n3C)c2cc3c(c4ccccc24)-c2ccc(-c4cccc5ccccc45)cc2C3(C)C)ccc1-c1ccccc1C1CC1. The van der Waals surface area contributed by atoms with Crippen LogP contribution in [-0.2, 0) is 12.5 Å². The number of hydrogen-bond acceptors (Lipinski definition) is 1. The van der Waals surface area contributed by atoms with Crippen molar-refractivity contribution in [2.75, 3.05) is 4.90 Å². The summed E-state index contributed by atoms with van der Waals surface area (Å²) in [4.78, 5) is 2.54. The van der Waals surface area contributed by atoms with E-state index < -0.39 is 0 Å². The zero-order chi connectivity index (χ0) is 40.3. The number of para-hydroxylation sites is 1. The minimum Gasteiger partial charge on any atom is -0.344 e. The molecule has 2 aliphatic rings. The monoisotopic (exact) mass is 770 g/mol. The van der Waals surface area contributed by atoms with Gasteiger partial charge in [-0.15, -0.1) is 0 Å². The van der Waals surface area contributed by atoms with Crippen LogP contribution in [0, 0.1) is 6.92 Å². The van der Waals surface area contributed by atoms with Gasteiger partial charge in [0.25, 0.3) is 0 Å². The highest BCUT2D eigenvalue weighted by atomic mass is 15.1. The third-order valence-electron chi connectivity index (χ3n) is 13.9. The predicted molar refractivity (Wildman–Crippen MR) is 255 cm³/mol. The summed E-state index contributed by atoms with van der Waals surface area (Å²) >= 11 is 0. The summed E-state index contributed by atoms with van der Waals surface area (Å²) in [5, 5.41) is 7.64. The molecule has 1 fully saturated rings. The molecule has 0 spiro atoms. The normalized spacial score (nSPS) is 14.3. The van der Waals surface area contributed by atoms with Gasteiger partial charge in [-0.2, -0.15) is 0 Å². The maximum absolute atomic E-state index is 2.54. The quantitative estimate of drug-likeness (QED) is 0.163. The summed E-state index contributed by atoms with van der Waals surface area (Å²) in [5.74, 6) is 0.678. The van der Waals surface area contributed by atoms with Gasteiger partial charge < -0.3 is 9.47 Å². The van der Waals surface area contributed by atoms with E-state index in [0.717, 1.165) is 11.4 Å². The lowest BCUT2D eigenvalue weighted by atomic mass is 9.80. The van der Waals surface area contributed by atoms with Crippen molar-refractivity contribution < 1.29 is 0 Å². The molecule has 1 aromatic heterocycles. The van der Waals surface area contributed by atoms with Gasteiger partial charge in [-0.05, 0) is 146 Å². The zero-order valence-corrected chi connectivity index (χ0v) is 34.6. The molecule has 12 rings (SSSR count). The lowest BCUT2D eigenvalue weighted by molar-refractivity contribution is 0.661. The molecular weight excluding hydrogens is 725 g/mol. The number of benzene rings is 9. The maximum atomic E-state index is 2.54. The van der Waals surface area contributed by atoms with Gasteiger partial charge in [0.1, 0.15) is 0 Å². The van der Waals surface area contributed by atoms with Crippen LogP contribution in [0.1, 0.15) is 54.9 Å². The molecule has 0 N–H and O–H groups in total. The number of aromatic nitrogens is 1. The zero-order valence-electron chi connectivity index (χ0n) is 34.6. The number of anilines is 3. The molecule has 0 bridgehead atoms. The molecule has 10 aromatic rings. The van der Waals surface area contributed by atoms with Gasteiger partial charge in [0, 0.05) is 51.0 Å². The summed E-state index contributed by atoms with van der Waals surface area (Å²) in [6.07, 6.45) is 2.57. The number of aryl methyl sites for hydroxylation is 2. The molecule has 0 radical (unpaired) electrons. The average molecular weight is 771 g/mol. The third kappa shape index (κ3) is 5.20. The van der Waals surface area contributed by atoms with Crippen LogP contribution in [0.25, 0.3) is 76.7 Å². The number of hydrogen-bond donors (Lipinski definition) is 0. The van der Waals surface area contributed by atoms with Crippen LogP contribution < -0.4 is 4.90 Å². The van der Waals surface area contributed by atoms with Crippen LogP contribution >= 0.6 is 0 Å². The van der Waals surface area contributed by atoms with Gasteiger partial charge in [-0.3, -0.25) is 0 Å². The largest absolute Gasteiger partial charge is 0.344 e. The van der Waals surface area contributed by atoms with Crippen molar-refractivity contribution in [2.45, 2.75) is 44.9 Å². The fourth-order valence-electron chi connectivity index (χ4n) is 10.7. The van der Waals surface area contributed by atoms with Gasteiger partial charge in [0.15, 0.2) is 0 Å². The highest BCUT2D eigenvalue weighted by Crippen LogP contribution is 2.56. The van der Waals surface area contributed by atoms with E-state index in [4.69, 9.17) is 0 Å². The van der Waals surface area contributed by atoms with E-state index in [1.165, 1.54) is 118 Å². The van der Waals surface area contributed by atoms with Crippen molar-refractivity contribution in [3.05, 3.63) is 198 Å². The molecule has 2 aliphatic carbocycles. The summed E-state index contributed by atoms with van der Waals surface area (Å²) in [5.41, 5.74) is 19.2. The lowest BCUT2D eigenvalue weighted by Gasteiger charge is -2.30. The third-order valence-corrected chi connectivity index (χ3v) is 13.9. The Bertz CT molecular complexity index is 3390. The lowest BCUT2D eigenvalue weighted by Crippen LogP contribution is -2.17. The van der Waals surface area contributed by atoms with Crippen molar-refractivity contribution >= 4 is 60.4 Å². The second-order valence-corrected chi connectivity index (χ2v) is 17.7. The van der Waals surface area contributed by atoms with E-state index in [1.54, 1.807) is 0 Å². The second kappa shape index (κ2) is 13.1. The Kier molecular flexibility index (Phi) is 7.63. The smallest absolute Gasteiger partial charge is 0.0543 e. The van der Waals surface area contributed by atoms with E-state index in [9.17, 15) is 0 Å². The van der Waals surface area contributed by atoms with Crippen LogP contribution in [0.2, 0.25) is 0 Å². The Balaban J connectivity index is 1.08. The van der Waals surface area contributed by atoms with Gasteiger partial charge >= 0.3 is 0 Å². The molecular formula is C58H46N2. The van der Waals surface area contributed by atoms with Crippen LogP contribution in [0.5, 0.6) is 0 Å². The Morgan fingerprint density at radius 1 is 0.500 bits per heavy atom. The van der Waals surface area contributed by atoms with Crippen molar-refractivity contribution in [1.82, 2.24) is 4.57 Å². The Morgan fingerprint density at radius 2 is 1.15 bits per heavy atom. The molecule has 0 aliphatic heterocycles. The Labute approximate surface area is 352 Å². The molecule has 2 nitrogen and oxygen atoms in total. The highest BCUT2D eigenvalue weighted by molar-refractivity contribution is 6.13. The predicted octanol–water partition coefficient (Wildman–Crippen LogP) is 15.9. The molecule has 1 saturated carbocycles. The van der Waals surface area contributed by atoms with Gasteiger partial charge in [0.2, 0.25) is 0 Å². The highest BCUT2D eigenvalue weighted by Gasteiger charge is 2.38. The first-order chi connectivity index (χ1) is 29.3. The summed E-state index contributed by atoms with van der Waals surface area (Å²) in [6.45, 7) is 7.14. The molecule has 1 heterocycles. The fraction of sp³-hybridized carbons (Fsp3) is 0.138. The van der Waals surface area contributed by atoms with E-state index in [0.29, 0.717) is 5.92 Å². The van der Waals surface area contributed by atoms with Gasteiger partial charge in [-0.25, -0.2) is 0 Å². The van der Waals surface area contributed by atoms with Crippen molar-refractivity contribution in [2.24, 2.45) is 7.05 Å². The maximum Gasteiger partial charge on any atom is 0.0543 e. The van der Waals surface area contributed by atoms with Crippen LogP contribution in [0.3, 0.4) is 0 Å². The molecule has 0 unspecified atom stereocenters. The molecule has 0 atom stereocenters. The molecule has 60 heavy (non-hydrogen) atoms. The van der Waals surface area contributed by atoms with Crippen LogP contribution in [-0.4, -0.2) is 4.57 Å². The minimum atomic E-state index is -0.235. The number of fused-ring (bicyclic) bond motifs is 9.